The molecule has 30 heavy (non-hydrogen) atoms. The molecule has 0 bridgehead atoms. The first kappa shape index (κ1) is 20.4. The molecule has 7 heteroatoms. The number of aryl methyl sites for hydroxylation is 1. The molecular weight excluding hydrogens is 464 g/mol. The van der Waals surface area contributed by atoms with Gasteiger partial charge in [-0.05, 0) is 43.2 Å². The predicted octanol–water partition coefficient (Wildman–Crippen LogP) is 6.68. The van der Waals surface area contributed by atoms with Gasteiger partial charge in [-0.2, -0.15) is 0 Å². The highest BCUT2D eigenvalue weighted by molar-refractivity contribution is 9.10. The molecule has 2 aromatic carbocycles. The Kier molecular flexibility index (Phi) is 5.74. The Morgan fingerprint density at radius 3 is 2.70 bits per heavy atom. The van der Waals surface area contributed by atoms with Gasteiger partial charge in [0.05, 0.1) is 19.1 Å². The van der Waals surface area contributed by atoms with Crippen LogP contribution in [0.1, 0.15) is 18.2 Å². The minimum Gasteiger partial charge on any atom is -0.496 e. The number of nitrogens with zero attached hydrogens (tertiary/aromatic N) is 1. The number of thiazole rings is 1. The summed E-state index contributed by atoms with van der Waals surface area (Å²) in [6.07, 6.45) is 3.30. The highest BCUT2D eigenvalue weighted by atomic mass is 79.9. The van der Waals surface area contributed by atoms with E-state index >= 15 is 0 Å². The van der Waals surface area contributed by atoms with E-state index in [0.29, 0.717) is 10.9 Å². The molecule has 0 aliphatic rings. The van der Waals surface area contributed by atoms with Gasteiger partial charge in [0.2, 0.25) is 5.91 Å². The number of halogens is 1. The maximum Gasteiger partial charge on any atom is 0.250 e. The van der Waals surface area contributed by atoms with Crippen molar-refractivity contribution in [3.05, 3.63) is 69.8 Å². The number of fused-ring (bicyclic) bond motifs is 1. The lowest BCUT2D eigenvalue weighted by Crippen LogP contribution is -2.08. The van der Waals surface area contributed by atoms with Crippen molar-refractivity contribution < 1.29 is 13.9 Å². The van der Waals surface area contributed by atoms with Crippen molar-refractivity contribution in [1.82, 2.24) is 4.98 Å². The second-order valence-electron chi connectivity index (χ2n) is 6.82. The molecule has 2 aromatic heterocycles. The lowest BCUT2D eigenvalue weighted by atomic mass is 9.99. The van der Waals surface area contributed by atoms with Crippen molar-refractivity contribution in [2.45, 2.75) is 13.8 Å². The summed E-state index contributed by atoms with van der Waals surface area (Å²) in [5, 5.41) is 6.23. The van der Waals surface area contributed by atoms with Crippen molar-refractivity contribution in [3.63, 3.8) is 0 Å². The molecule has 0 aliphatic heterocycles. The van der Waals surface area contributed by atoms with Crippen molar-refractivity contribution in [3.8, 4) is 16.9 Å². The lowest BCUT2D eigenvalue weighted by molar-refractivity contribution is -0.111. The van der Waals surface area contributed by atoms with Gasteiger partial charge < -0.3 is 9.15 Å². The van der Waals surface area contributed by atoms with Crippen LogP contribution in [-0.2, 0) is 4.79 Å². The summed E-state index contributed by atoms with van der Waals surface area (Å²) in [6, 6.07) is 11.9. The molecule has 0 saturated heterocycles. The number of nitrogens with one attached hydrogen (secondary N) is 1. The molecule has 2 heterocycles. The van der Waals surface area contributed by atoms with E-state index in [0.717, 1.165) is 43.4 Å². The molecule has 0 saturated carbocycles. The number of benzene rings is 2. The van der Waals surface area contributed by atoms with E-state index in [4.69, 9.17) is 9.15 Å². The molecule has 4 aromatic rings. The Morgan fingerprint density at radius 2 is 2.03 bits per heavy atom. The maximum absolute atomic E-state index is 12.5. The van der Waals surface area contributed by atoms with Crippen molar-refractivity contribution in [2.24, 2.45) is 0 Å². The zero-order chi connectivity index (χ0) is 21.3. The van der Waals surface area contributed by atoms with Gasteiger partial charge in [-0.25, -0.2) is 4.98 Å². The molecular formula is C23H19BrN2O3S. The molecule has 5 nitrogen and oxygen atoms in total. The summed E-state index contributed by atoms with van der Waals surface area (Å²) in [5.74, 6) is 0.412. The van der Waals surface area contributed by atoms with Gasteiger partial charge in [0.15, 0.2) is 5.13 Å². The van der Waals surface area contributed by atoms with Crippen LogP contribution in [0.25, 0.3) is 27.7 Å². The molecule has 0 fully saturated rings. The van der Waals surface area contributed by atoms with Crippen LogP contribution in [0.4, 0.5) is 5.13 Å². The molecule has 1 amide bonds. The fraction of sp³-hybridized carbons (Fsp3) is 0.130. The smallest absolute Gasteiger partial charge is 0.250 e. The first-order chi connectivity index (χ1) is 14.4. The minimum atomic E-state index is -0.232. The quantitative estimate of drug-likeness (QED) is 0.322. The number of methoxy groups -OCH3 is 1. The second-order valence-corrected chi connectivity index (χ2v) is 8.59. The van der Waals surface area contributed by atoms with Crippen LogP contribution in [0.3, 0.4) is 0 Å². The molecule has 0 spiro atoms. The number of aromatic nitrogens is 1. The zero-order valence-corrected chi connectivity index (χ0v) is 19.1. The fourth-order valence-electron chi connectivity index (χ4n) is 3.21. The number of carbonyl (C=O) groups is 1. The first-order valence-electron chi connectivity index (χ1n) is 9.21. The van der Waals surface area contributed by atoms with Gasteiger partial charge >= 0.3 is 0 Å². The Hall–Kier alpha value is -2.90. The Labute approximate surface area is 186 Å². The van der Waals surface area contributed by atoms with Crippen LogP contribution < -0.4 is 10.1 Å². The van der Waals surface area contributed by atoms with Crippen molar-refractivity contribution >= 4 is 54.8 Å². The fourth-order valence-corrected chi connectivity index (χ4v) is 4.17. The molecule has 0 radical (unpaired) electrons. The molecule has 152 valence electrons. The van der Waals surface area contributed by atoms with Crippen molar-refractivity contribution in [1.29, 1.82) is 0 Å². The van der Waals surface area contributed by atoms with Gasteiger partial charge in [0, 0.05) is 38.5 Å². The number of rotatable bonds is 5. The van der Waals surface area contributed by atoms with Crippen LogP contribution >= 0.6 is 27.3 Å². The van der Waals surface area contributed by atoms with Crippen LogP contribution in [0.15, 0.2) is 63.0 Å². The minimum absolute atomic E-state index is 0.232. The van der Waals surface area contributed by atoms with Crippen molar-refractivity contribution in [2.75, 3.05) is 12.4 Å². The number of hydrogen-bond acceptors (Lipinski definition) is 5. The van der Waals surface area contributed by atoms with Crippen LogP contribution in [-0.4, -0.2) is 18.0 Å². The monoisotopic (exact) mass is 482 g/mol. The van der Waals surface area contributed by atoms with Crippen LogP contribution in [0.2, 0.25) is 0 Å². The third kappa shape index (κ3) is 4.17. The molecule has 0 unspecified atom stereocenters. The van der Waals surface area contributed by atoms with Gasteiger partial charge in [-0.15, -0.1) is 11.3 Å². The summed E-state index contributed by atoms with van der Waals surface area (Å²) in [4.78, 5) is 16.7. The van der Waals surface area contributed by atoms with E-state index < -0.39 is 0 Å². The third-order valence-electron chi connectivity index (χ3n) is 4.67. The number of carbonyl (C=O) groups excluding carboxylic acids is 1. The molecule has 4 rings (SSSR count). The van der Waals surface area contributed by atoms with E-state index in [1.165, 1.54) is 11.3 Å². The third-order valence-corrected chi connectivity index (χ3v) is 6.08. The Bertz CT molecular complexity index is 1260. The van der Waals surface area contributed by atoms with Gasteiger partial charge in [-0.1, -0.05) is 28.1 Å². The zero-order valence-electron chi connectivity index (χ0n) is 16.7. The standard InChI is InChI=1S/C23H19BrN2O3S/c1-13(8-22(27)26-23-25-14(2)12-30-23)17-9-18-19(15-4-6-16(24)7-5-15)11-29-21(18)10-20(17)28-3/h4-12H,1-3H3,(H,25,26,27)/b13-8+. The maximum atomic E-state index is 12.5. The van der Waals surface area contributed by atoms with Crippen LogP contribution in [0.5, 0.6) is 5.75 Å². The lowest BCUT2D eigenvalue weighted by Gasteiger charge is -2.10. The van der Waals surface area contributed by atoms with E-state index in [9.17, 15) is 4.79 Å². The van der Waals surface area contributed by atoms with E-state index in [-0.39, 0.29) is 5.91 Å². The normalized spacial score (nSPS) is 11.7. The average Bonchev–Trinajstić information content (AvgIpc) is 3.32. The molecule has 0 aliphatic carbocycles. The van der Waals surface area contributed by atoms with Gasteiger partial charge in [0.1, 0.15) is 11.3 Å². The summed E-state index contributed by atoms with van der Waals surface area (Å²) in [5.41, 5.74) is 5.24. The van der Waals surface area contributed by atoms with Gasteiger partial charge in [0.25, 0.3) is 0 Å². The van der Waals surface area contributed by atoms with E-state index in [1.807, 2.05) is 55.6 Å². The highest BCUT2D eigenvalue weighted by Crippen LogP contribution is 2.37. The Balaban J connectivity index is 1.72. The highest BCUT2D eigenvalue weighted by Gasteiger charge is 2.15. The summed E-state index contributed by atoms with van der Waals surface area (Å²) >= 11 is 4.87. The summed E-state index contributed by atoms with van der Waals surface area (Å²) in [6.45, 7) is 3.77. The predicted molar refractivity (Wildman–Crippen MR) is 125 cm³/mol. The number of furan rings is 1. The van der Waals surface area contributed by atoms with E-state index in [1.54, 1.807) is 19.4 Å². The topological polar surface area (TPSA) is 64.4 Å². The van der Waals surface area contributed by atoms with Crippen LogP contribution in [0, 0.1) is 6.92 Å². The Morgan fingerprint density at radius 1 is 1.27 bits per heavy atom. The largest absolute Gasteiger partial charge is 0.496 e. The van der Waals surface area contributed by atoms with Gasteiger partial charge in [-0.3, -0.25) is 10.1 Å². The summed E-state index contributed by atoms with van der Waals surface area (Å²) in [7, 11) is 1.61. The number of anilines is 1. The summed E-state index contributed by atoms with van der Waals surface area (Å²) < 4.78 is 12.4. The van der Waals surface area contributed by atoms with E-state index in [2.05, 4.69) is 26.2 Å². The first-order valence-corrected chi connectivity index (χ1v) is 10.9. The molecule has 0 atom stereocenters. The molecule has 1 N–H and O–H groups in total. The number of hydrogen-bond donors (Lipinski definition) is 1. The number of amides is 1. The number of allylic oxidation sites excluding steroid dienone is 1. The number of ether oxygens (including phenoxy) is 1. The second kappa shape index (κ2) is 8.45. The average molecular weight is 483 g/mol. The SMILES string of the molecule is COc1cc2occ(-c3ccc(Br)cc3)c2cc1/C(C)=C/C(=O)Nc1nc(C)cs1.